The van der Waals surface area contributed by atoms with E-state index in [1.165, 1.54) is 6.20 Å². The average Bonchev–Trinajstić information content (AvgIpc) is 2.30. The van der Waals surface area contributed by atoms with E-state index in [1.54, 1.807) is 19.1 Å². The number of esters is 1. The molecule has 1 rings (SSSR count). The molecule has 1 aromatic heterocycles. The molecule has 2 N–H and O–H groups in total. The maximum Gasteiger partial charge on any atom is 0.338 e. The fourth-order valence-electron chi connectivity index (χ4n) is 1.16. The predicted molar refractivity (Wildman–Crippen MR) is 70.1 cm³/mol. The van der Waals surface area contributed by atoms with Crippen molar-refractivity contribution in [3.05, 3.63) is 23.9 Å². The van der Waals surface area contributed by atoms with Crippen molar-refractivity contribution in [2.45, 2.75) is 13.8 Å². The molecule has 17 heavy (non-hydrogen) atoms. The molecule has 1 heterocycles. The molecule has 0 saturated heterocycles. The smallest absolute Gasteiger partial charge is 0.338 e. The Morgan fingerprint density at radius 2 is 2.29 bits per heavy atom. The second kappa shape index (κ2) is 6.80. The van der Waals surface area contributed by atoms with Crippen LogP contribution in [-0.2, 0) is 4.74 Å². The zero-order chi connectivity index (χ0) is 12.7. The van der Waals surface area contributed by atoms with Crippen LogP contribution in [-0.4, -0.2) is 29.2 Å². The number of nitrogens with zero attached hydrogens (tertiary/aromatic N) is 1. The van der Waals surface area contributed by atoms with Crippen molar-refractivity contribution in [1.29, 1.82) is 0 Å². The molecule has 0 aromatic carbocycles. The summed E-state index contributed by atoms with van der Waals surface area (Å²) in [6, 6.07) is 3.20. The number of anilines is 1. The van der Waals surface area contributed by atoms with Gasteiger partial charge in [0.2, 0.25) is 0 Å². The average molecular weight is 253 g/mol. The molecule has 6 heteroatoms. The molecule has 0 amide bonds. The number of ether oxygens (including phenoxy) is 1. The number of rotatable bonds is 4. The normalized spacial score (nSPS) is 9.53. The van der Waals surface area contributed by atoms with Gasteiger partial charge in [-0.05, 0) is 38.2 Å². The standard InChI is InChI=1S/C11H15N3O2S/c1-3-12-11(17)14-9-7-8(5-6-13-9)10(15)16-4-2/h5-7H,3-4H2,1-2H3,(H2,12,13,14,17). The molecule has 0 fully saturated rings. The first-order chi connectivity index (χ1) is 8.17. The second-order valence-electron chi connectivity index (χ2n) is 3.13. The molecule has 0 aliphatic carbocycles. The third-order valence-electron chi connectivity index (χ3n) is 1.85. The van der Waals surface area contributed by atoms with Gasteiger partial charge >= 0.3 is 5.97 Å². The number of carbonyl (C=O) groups excluding carboxylic acids is 1. The van der Waals surface area contributed by atoms with E-state index in [-0.39, 0.29) is 5.97 Å². The third kappa shape index (κ3) is 4.36. The number of hydrogen-bond acceptors (Lipinski definition) is 4. The Kier molecular flexibility index (Phi) is 5.35. The van der Waals surface area contributed by atoms with Crippen LogP contribution in [0.15, 0.2) is 18.3 Å². The first-order valence-electron chi connectivity index (χ1n) is 5.35. The summed E-state index contributed by atoms with van der Waals surface area (Å²) in [7, 11) is 0. The van der Waals surface area contributed by atoms with Crippen LogP contribution in [0.2, 0.25) is 0 Å². The van der Waals surface area contributed by atoms with E-state index in [0.717, 1.165) is 6.54 Å². The van der Waals surface area contributed by atoms with Crippen LogP contribution in [0.5, 0.6) is 0 Å². The van der Waals surface area contributed by atoms with Crippen molar-refractivity contribution >= 4 is 29.1 Å². The molecular formula is C11H15N3O2S. The number of hydrogen-bond donors (Lipinski definition) is 2. The molecule has 0 radical (unpaired) electrons. The van der Waals surface area contributed by atoms with Crippen LogP contribution >= 0.6 is 12.2 Å². The highest BCUT2D eigenvalue weighted by Gasteiger charge is 2.07. The summed E-state index contributed by atoms with van der Waals surface area (Å²) in [5.41, 5.74) is 0.448. The fraction of sp³-hybridized carbons (Fsp3) is 0.364. The van der Waals surface area contributed by atoms with Gasteiger partial charge in [-0.3, -0.25) is 0 Å². The maximum atomic E-state index is 11.5. The molecule has 0 aliphatic heterocycles. The van der Waals surface area contributed by atoms with Gasteiger partial charge in [0, 0.05) is 12.7 Å². The van der Waals surface area contributed by atoms with Gasteiger partial charge in [0.25, 0.3) is 0 Å². The number of thiocarbonyl (C=S) groups is 1. The third-order valence-corrected chi connectivity index (χ3v) is 2.10. The van der Waals surface area contributed by atoms with Gasteiger partial charge in [-0.25, -0.2) is 9.78 Å². The van der Waals surface area contributed by atoms with E-state index in [4.69, 9.17) is 17.0 Å². The predicted octanol–water partition coefficient (Wildman–Crippen LogP) is 1.56. The summed E-state index contributed by atoms with van der Waals surface area (Å²) in [4.78, 5) is 15.5. The molecule has 0 saturated carbocycles. The Morgan fingerprint density at radius 1 is 1.53 bits per heavy atom. The summed E-state index contributed by atoms with van der Waals surface area (Å²) in [5.74, 6) is 0.147. The fourth-order valence-corrected chi connectivity index (χ4v) is 1.41. The minimum Gasteiger partial charge on any atom is -0.462 e. The van der Waals surface area contributed by atoms with Gasteiger partial charge in [-0.1, -0.05) is 0 Å². The zero-order valence-electron chi connectivity index (χ0n) is 9.82. The van der Waals surface area contributed by atoms with E-state index < -0.39 is 0 Å². The van der Waals surface area contributed by atoms with E-state index >= 15 is 0 Å². The van der Waals surface area contributed by atoms with Crippen LogP contribution < -0.4 is 10.6 Å². The van der Waals surface area contributed by atoms with Gasteiger partial charge in [0.05, 0.1) is 12.2 Å². The van der Waals surface area contributed by atoms with Gasteiger partial charge in [-0.2, -0.15) is 0 Å². The maximum absolute atomic E-state index is 11.5. The Balaban J connectivity index is 2.72. The number of carbonyl (C=O) groups is 1. The van der Waals surface area contributed by atoms with Crippen molar-refractivity contribution in [1.82, 2.24) is 10.3 Å². The first kappa shape index (κ1) is 13.4. The highest BCUT2D eigenvalue weighted by Crippen LogP contribution is 2.08. The summed E-state index contributed by atoms with van der Waals surface area (Å²) < 4.78 is 4.89. The van der Waals surface area contributed by atoms with Gasteiger partial charge in [-0.15, -0.1) is 0 Å². The molecular weight excluding hydrogens is 238 g/mol. The van der Waals surface area contributed by atoms with Crippen LogP contribution in [0.1, 0.15) is 24.2 Å². The summed E-state index contributed by atoms with van der Waals surface area (Å²) in [6.07, 6.45) is 1.53. The SMILES string of the molecule is CCNC(=S)Nc1cc(C(=O)OCC)ccn1. The van der Waals surface area contributed by atoms with Gasteiger partial charge < -0.3 is 15.4 Å². The molecule has 0 spiro atoms. The van der Waals surface area contributed by atoms with Crippen molar-refractivity contribution in [2.75, 3.05) is 18.5 Å². The number of aromatic nitrogens is 1. The Morgan fingerprint density at radius 3 is 2.94 bits per heavy atom. The molecule has 92 valence electrons. The molecule has 1 aromatic rings. The van der Waals surface area contributed by atoms with Crippen LogP contribution in [0.4, 0.5) is 5.82 Å². The van der Waals surface area contributed by atoms with Crippen molar-refractivity contribution < 1.29 is 9.53 Å². The topological polar surface area (TPSA) is 63.2 Å². The van der Waals surface area contributed by atoms with Crippen LogP contribution in [0, 0.1) is 0 Å². The van der Waals surface area contributed by atoms with Gasteiger partial charge in [0.15, 0.2) is 5.11 Å². The van der Waals surface area contributed by atoms with Gasteiger partial charge in [0.1, 0.15) is 5.82 Å². The molecule has 0 atom stereocenters. The molecule has 0 unspecified atom stereocenters. The molecule has 0 bridgehead atoms. The van der Waals surface area contributed by atoms with Crippen molar-refractivity contribution in [3.8, 4) is 0 Å². The molecule has 0 aliphatic rings. The van der Waals surface area contributed by atoms with E-state index in [0.29, 0.717) is 23.1 Å². The lowest BCUT2D eigenvalue weighted by atomic mass is 10.2. The van der Waals surface area contributed by atoms with E-state index in [2.05, 4.69) is 15.6 Å². The highest BCUT2D eigenvalue weighted by molar-refractivity contribution is 7.80. The molecule has 5 nitrogen and oxygen atoms in total. The van der Waals surface area contributed by atoms with E-state index in [1.807, 2.05) is 6.92 Å². The van der Waals surface area contributed by atoms with Crippen LogP contribution in [0.25, 0.3) is 0 Å². The van der Waals surface area contributed by atoms with E-state index in [9.17, 15) is 4.79 Å². The summed E-state index contributed by atoms with van der Waals surface area (Å²) in [5, 5.41) is 6.29. The largest absolute Gasteiger partial charge is 0.462 e. The monoisotopic (exact) mass is 253 g/mol. The minimum atomic E-state index is -0.368. The zero-order valence-corrected chi connectivity index (χ0v) is 10.6. The first-order valence-corrected chi connectivity index (χ1v) is 5.76. The Hall–Kier alpha value is -1.69. The minimum absolute atomic E-state index is 0.347. The highest BCUT2D eigenvalue weighted by atomic mass is 32.1. The van der Waals surface area contributed by atoms with Crippen molar-refractivity contribution in [3.63, 3.8) is 0 Å². The Labute approximate surface area is 106 Å². The lowest BCUT2D eigenvalue weighted by Gasteiger charge is -2.08. The summed E-state index contributed by atoms with van der Waals surface area (Å²) >= 11 is 5.02. The number of pyridine rings is 1. The van der Waals surface area contributed by atoms with Crippen LogP contribution in [0.3, 0.4) is 0 Å². The number of nitrogens with one attached hydrogen (secondary N) is 2. The lowest BCUT2D eigenvalue weighted by molar-refractivity contribution is 0.0526. The van der Waals surface area contributed by atoms with Crippen molar-refractivity contribution in [2.24, 2.45) is 0 Å². The Bertz CT molecular complexity index is 409. The second-order valence-corrected chi connectivity index (χ2v) is 3.54. The lowest BCUT2D eigenvalue weighted by Crippen LogP contribution is -2.28. The quantitative estimate of drug-likeness (QED) is 0.627. The summed E-state index contributed by atoms with van der Waals surface area (Å²) in [6.45, 7) is 4.78.